The summed E-state index contributed by atoms with van der Waals surface area (Å²) in [4.78, 5) is 0. The Hall–Kier alpha value is 0.323. The van der Waals surface area contributed by atoms with Crippen molar-refractivity contribution in [2.45, 2.75) is 11.4 Å². The van der Waals surface area contributed by atoms with E-state index in [9.17, 15) is 0 Å². The molecule has 0 fully saturated rings. The minimum absolute atomic E-state index is 0. The molecule has 0 saturated carbocycles. The van der Waals surface area contributed by atoms with Crippen molar-refractivity contribution in [3.63, 3.8) is 0 Å². The van der Waals surface area contributed by atoms with Gasteiger partial charge >= 0.3 is 65.6 Å². The SMILES string of the molecule is [Br-].[Zn+][CH2]Cc1ccccc1. The summed E-state index contributed by atoms with van der Waals surface area (Å²) >= 11 is 1.41. The van der Waals surface area contributed by atoms with Crippen LogP contribution in [0.3, 0.4) is 0 Å². The third-order valence-electron chi connectivity index (χ3n) is 1.31. The van der Waals surface area contributed by atoms with Crippen molar-refractivity contribution in [2.75, 3.05) is 0 Å². The van der Waals surface area contributed by atoms with Crippen LogP contribution in [0, 0.1) is 0 Å². The van der Waals surface area contributed by atoms with Gasteiger partial charge in [0.05, 0.1) is 0 Å². The van der Waals surface area contributed by atoms with Gasteiger partial charge in [0.1, 0.15) is 0 Å². The average molecular weight is 250 g/mol. The summed E-state index contributed by atoms with van der Waals surface area (Å²) in [6.45, 7) is 0. The van der Waals surface area contributed by atoms with Crippen molar-refractivity contribution in [1.29, 1.82) is 0 Å². The van der Waals surface area contributed by atoms with Gasteiger partial charge in [-0.25, -0.2) is 0 Å². The molecule has 1 rings (SSSR count). The van der Waals surface area contributed by atoms with E-state index >= 15 is 0 Å². The second kappa shape index (κ2) is 6.06. The van der Waals surface area contributed by atoms with Crippen molar-refractivity contribution in [2.24, 2.45) is 0 Å². The molecule has 0 saturated heterocycles. The third kappa shape index (κ3) is 3.48. The molecule has 10 heavy (non-hydrogen) atoms. The second-order valence-electron chi connectivity index (χ2n) is 2.09. The Morgan fingerprint density at radius 1 is 1.10 bits per heavy atom. The van der Waals surface area contributed by atoms with E-state index in [0.717, 1.165) is 0 Å². The minimum atomic E-state index is 0. The summed E-state index contributed by atoms with van der Waals surface area (Å²) in [7, 11) is 0. The van der Waals surface area contributed by atoms with Gasteiger partial charge in [0.2, 0.25) is 0 Å². The van der Waals surface area contributed by atoms with E-state index < -0.39 is 0 Å². The molecule has 0 amide bonds. The molecule has 0 aliphatic heterocycles. The van der Waals surface area contributed by atoms with Crippen LogP contribution in [0.25, 0.3) is 0 Å². The van der Waals surface area contributed by atoms with E-state index in [1.165, 1.54) is 35.3 Å². The first-order valence-corrected chi connectivity index (χ1v) is 5.36. The zero-order chi connectivity index (χ0) is 6.53. The Bertz CT molecular complexity index is 162. The van der Waals surface area contributed by atoms with Crippen LogP contribution in [-0.2, 0) is 24.7 Å². The Balaban J connectivity index is 0.000000810. The molecule has 0 aliphatic carbocycles. The first-order valence-electron chi connectivity index (χ1n) is 3.26. The summed E-state index contributed by atoms with van der Waals surface area (Å²) in [5, 5.41) is 1.37. The van der Waals surface area contributed by atoms with Gasteiger partial charge in [0.25, 0.3) is 0 Å². The van der Waals surface area contributed by atoms with Crippen molar-refractivity contribution in [3.8, 4) is 0 Å². The average Bonchev–Trinajstić information content (AvgIpc) is 1.91. The molecular weight excluding hydrogens is 241 g/mol. The normalized spacial score (nSPS) is 8.60. The van der Waals surface area contributed by atoms with Crippen LogP contribution in [0.15, 0.2) is 30.3 Å². The van der Waals surface area contributed by atoms with Crippen LogP contribution in [-0.4, -0.2) is 0 Å². The summed E-state index contributed by atoms with van der Waals surface area (Å²) < 4.78 is 0. The molecule has 1 aromatic carbocycles. The maximum absolute atomic E-state index is 2.19. The van der Waals surface area contributed by atoms with Gasteiger partial charge in [0, 0.05) is 0 Å². The summed E-state index contributed by atoms with van der Waals surface area (Å²) in [6, 6.07) is 10.6. The number of hydrogen-bond donors (Lipinski definition) is 0. The fourth-order valence-electron chi connectivity index (χ4n) is 0.849. The summed E-state index contributed by atoms with van der Waals surface area (Å²) in [5.41, 5.74) is 1.48. The van der Waals surface area contributed by atoms with Gasteiger partial charge in [-0.3, -0.25) is 0 Å². The monoisotopic (exact) mass is 248 g/mol. The quantitative estimate of drug-likeness (QED) is 0.603. The molecule has 0 unspecified atom stereocenters. The first-order chi connectivity index (χ1) is 4.43. The fraction of sp³-hybridized carbons (Fsp3) is 0.250. The van der Waals surface area contributed by atoms with Crippen LogP contribution in [0.4, 0.5) is 0 Å². The van der Waals surface area contributed by atoms with Crippen molar-refractivity contribution < 1.29 is 35.3 Å². The van der Waals surface area contributed by atoms with E-state index in [1.807, 2.05) is 0 Å². The zero-order valence-electron chi connectivity index (χ0n) is 5.89. The molecule has 0 bridgehead atoms. The molecule has 0 N–H and O–H groups in total. The van der Waals surface area contributed by atoms with Gasteiger partial charge in [-0.05, 0) is 0 Å². The summed E-state index contributed by atoms with van der Waals surface area (Å²) in [5.74, 6) is 0. The molecule has 0 aliphatic rings. The Labute approximate surface area is 82.5 Å². The molecule has 0 radical (unpaired) electrons. The molecule has 0 nitrogen and oxygen atoms in total. The molecule has 0 atom stereocenters. The van der Waals surface area contributed by atoms with Gasteiger partial charge < -0.3 is 17.0 Å². The molecule has 50 valence electrons. The van der Waals surface area contributed by atoms with Crippen LogP contribution >= 0.6 is 0 Å². The molecule has 2 heteroatoms. The van der Waals surface area contributed by atoms with Gasteiger partial charge in [-0.15, -0.1) is 0 Å². The number of hydrogen-bond acceptors (Lipinski definition) is 0. The van der Waals surface area contributed by atoms with Gasteiger partial charge in [-0.1, -0.05) is 0 Å². The maximum atomic E-state index is 2.19. The first kappa shape index (κ1) is 10.3. The molecule has 0 aromatic heterocycles. The summed E-state index contributed by atoms with van der Waals surface area (Å²) in [6.07, 6.45) is 1.26. The molecule has 0 spiro atoms. The van der Waals surface area contributed by atoms with E-state index in [4.69, 9.17) is 0 Å². The predicted octanol–water partition coefficient (Wildman–Crippen LogP) is -0.802. The van der Waals surface area contributed by atoms with Crippen molar-refractivity contribution in [1.82, 2.24) is 0 Å². The number of halogens is 1. The Morgan fingerprint density at radius 2 is 1.70 bits per heavy atom. The van der Waals surface area contributed by atoms with E-state index in [2.05, 4.69) is 30.3 Å². The van der Waals surface area contributed by atoms with Crippen molar-refractivity contribution in [3.05, 3.63) is 35.9 Å². The topological polar surface area (TPSA) is 0 Å². The standard InChI is InChI=1S/C8H9.BrH.Zn/c1-2-8-6-4-3-5-7-8;;/h3-7H,1-2H2;1H;/q;;+1/p-1. The number of benzene rings is 1. The molecule has 1 aromatic rings. The van der Waals surface area contributed by atoms with Crippen LogP contribution in [0.2, 0.25) is 5.02 Å². The second-order valence-corrected chi connectivity index (χ2v) is 3.57. The van der Waals surface area contributed by atoms with Crippen LogP contribution < -0.4 is 17.0 Å². The van der Waals surface area contributed by atoms with Gasteiger partial charge in [0.15, 0.2) is 0 Å². The molecule has 0 heterocycles. The number of aryl methyl sites for hydroxylation is 1. The third-order valence-corrected chi connectivity index (χ3v) is 2.05. The van der Waals surface area contributed by atoms with E-state index in [0.29, 0.717) is 0 Å². The van der Waals surface area contributed by atoms with E-state index in [1.54, 1.807) is 0 Å². The van der Waals surface area contributed by atoms with Crippen LogP contribution in [0.5, 0.6) is 0 Å². The Morgan fingerprint density at radius 3 is 2.20 bits per heavy atom. The molecular formula is C8H9BrZn. The fourth-order valence-corrected chi connectivity index (χ4v) is 1.71. The van der Waals surface area contributed by atoms with E-state index in [-0.39, 0.29) is 17.0 Å². The Kier molecular flexibility index (Phi) is 6.26. The van der Waals surface area contributed by atoms with Crippen LogP contribution in [0.1, 0.15) is 5.56 Å². The zero-order valence-corrected chi connectivity index (χ0v) is 10.4. The van der Waals surface area contributed by atoms with Gasteiger partial charge in [-0.2, -0.15) is 0 Å². The predicted molar refractivity (Wildman–Crippen MR) is 35.0 cm³/mol. The number of rotatable bonds is 2. The van der Waals surface area contributed by atoms with Crippen molar-refractivity contribution >= 4 is 0 Å².